The number of nitrogens with zero attached hydrogens (tertiary/aromatic N) is 2. The van der Waals surface area contributed by atoms with E-state index >= 15 is 0 Å². The van der Waals surface area contributed by atoms with E-state index in [1.165, 1.54) is 6.92 Å². The van der Waals surface area contributed by atoms with Crippen LogP contribution in [0.2, 0.25) is 3.43 Å². The quantitative estimate of drug-likeness (QED) is 0.829. The van der Waals surface area contributed by atoms with Crippen molar-refractivity contribution in [2.75, 3.05) is 5.32 Å². The summed E-state index contributed by atoms with van der Waals surface area (Å²) in [5.41, 5.74) is 0. The van der Waals surface area contributed by atoms with Crippen molar-refractivity contribution >= 4 is 36.7 Å². The van der Waals surface area contributed by atoms with E-state index in [4.69, 9.17) is 0 Å². The second-order valence-corrected chi connectivity index (χ2v) is 10.8. The fourth-order valence-corrected chi connectivity index (χ4v) is 4.14. The fraction of sp³-hybridized carbons (Fsp3) is 0.500. The minimum absolute atomic E-state index is 0.131. The van der Waals surface area contributed by atoms with Crippen molar-refractivity contribution in [1.82, 2.24) is 9.97 Å². The first-order valence-electron chi connectivity index (χ1n) is 4.76. The fourth-order valence-electron chi connectivity index (χ4n) is 1.03. The van der Waals surface area contributed by atoms with E-state index in [9.17, 15) is 4.79 Å². The molecule has 0 aliphatic rings. The van der Waals surface area contributed by atoms with Crippen molar-refractivity contribution in [2.24, 2.45) is 0 Å². The zero-order valence-electron chi connectivity index (χ0n) is 9.46. The molecular weight excluding hydrogens is 297 g/mol. The SMILES string of the molecule is CC(=O)Nc1ncc[c]([Sn][C](C)(C)C)n1. The summed E-state index contributed by atoms with van der Waals surface area (Å²) < 4.78 is 1.47. The van der Waals surface area contributed by atoms with Crippen molar-refractivity contribution in [3.8, 4) is 0 Å². The van der Waals surface area contributed by atoms with E-state index in [1.807, 2.05) is 6.07 Å². The number of hydrogen-bond donors (Lipinski definition) is 1. The van der Waals surface area contributed by atoms with Crippen molar-refractivity contribution < 1.29 is 4.79 Å². The molecule has 1 rings (SSSR count). The summed E-state index contributed by atoms with van der Waals surface area (Å²) in [7, 11) is 0. The van der Waals surface area contributed by atoms with Crippen LogP contribution >= 0.6 is 0 Å². The molecule has 0 aromatic carbocycles. The van der Waals surface area contributed by atoms with Gasteiger partial charge in [0.15, 0.2) is 0 Å². The summed E-state index contributed by atoms with van der Waals surface area (Å²) in [6, 6.07) is 1.95. The molecule has 1 amide bonds. The molecule has 15 heavy (non-hydrogen) atoms. The maximum atomic E-state index is 10.8. The van der Waals surface area contributed by atoms with Gasteiger partial charge in [0.25, 0.3) is 0 Å². The van der Waals surface area contributed by atoms with Crippen molar-refractivity contribution in [2.45, 2.75) is 31.1 Å². The van der Waals surface area contributed by atoms with Gasteiger partial charge in [-0.05, 0) is 0 Å². The van der Waals surface area contributed by atoms with Gasteiger partial charge in [0.2, 0.25) is 0 Å². The van der Waals surface area contributed by atoms with E-state index in [1.54, 1.807) is 6.20 Å². The maximum absolute atomic E-state index is 10.8. The number of carbonyl (C=O) groups is 1. The average Bonchev–Trinajstić information content (AvgIpc) is 1.99. The summed E-state index contributed by atoms with van der Waals surface area (Å²) in [6.45, 7) is 8.12. The third-order valence-corrected chi connectivity index (χ3v) is 5.11. The van der Waals surface area contributed by atoms with Crippen LogP contribution in [0, 0.1) is 0 Å². The Labute approximate surface area is 100 Å². The Balaban J connectivity index is 2.79. The van der Waals surface area contributed by atoms with Crippen molar-refractivity contribution in [1.29, 1.82) is 0 Å². The second kappa shape index (κ2) is 4.92. The van der Waals surface area contributed by atoms with Crippen LogP contribution in [0.4, 0.5) is 5.95 Å². The van der Waals surface area contributed by atoms with Gasteiger partial charge >= 0.3 is 100 Å². The molecule has 5 heteroatoms. The Morgan fingerprint density at radius 2 is 2.13 bits per heavy atom. The normalized spacial score (nSPS) is 11.2. The Morgan fingerprint density at radius 1 is 1.47 bits per heavy atom. The van der Waals surface area contributed by atoms with Crippen LogP contribution in [-0.2, 0) is 4.79 Å². The molecule has 1 aromatic rings. The Kier molecular flexibility index (Phi) is 4.07. The van der Waals surface area contributed by atoms with E-state index in [2.05, 4.69) is 36.1 Å². The first kappa shape index (κ1) is 12.4. The van der Waals surface area contributed by atoms with Gasteiger partial charge in [0.1, 0.15) is 0 Å². The van der Waals surface area contributed by atoms with Crippen LogP contribution in [0.1, 0.15) is 27.7 Å². The van der Waals surface area contributed by atoms with E-state index < -0.39 is 21.1 Å². The first-order chi connectivity index (χ1) is 6.87. The minimum atomic E-state index is -0.721. The molecule has 0 bridgehead atoms. The van der Waals surface area contributed by atoms with Crippen LogP contribution in [-0.4, -0.2) is 37.0 Å². The molecule has 1 aromatic heterocycles. The van der Waals surface area contributed by atoms with Gasteiger partial charge in [0, 0.05) is 0 Å². The molecule has 0 spiro atoms. The summed E-state index contributed by atoms with van der Waals surface area (Å²) in [5, 5.41) is 2.60. The molecule has 1 N–H and O–H groups in total. The van der Waals surface area contributed by atoms with Crippen molar-refractivity contribution in [3.05, 3.63) is 12.3 Å². The number of rotatable bonds is 2. The summed E-state index contributed by atoms with van der Waals surface area (Å²) >= 11 is -0.721. The molecule has 0 fully saturated rings. The Morgan fingerprint density at radius 3 is 2.67 bits per heavy atom. The number of aromatic nitrogens is 2. The van der Waals surface area contributed by atoms with Crippen LogP contribution in [0.15, 0.2) is 12.3 Å². The van der Waals surface area contributed by atoms with Gasteiger partial charge in [-0.1, -0.05) is 0 Å². The average molecular weight is 312 g/mol. The van der Waals surface area contributed by atoms with Gasteiger partial charge in [-0.2, -0.15) is 0 Å². The predicted octanol–water partition coefficient (Wildman–Crippen LogP) is 0.983. The van der Waals surface area contributed by atoms with E-state index in [0.29, 0.717) is 9.38 Å². The first-order valence-corrected chi connectivity index (χ1v) is 7.61. The zero-order valence-corrected chi connectivity index (χ0v) is 12.3. The van der Waals surface area contributed by atoms with Gasteiger partial charge in [-0.15, -0.1) is 0 Å². The Hall–Kier alpha value is -0.651. The molecule has 0 aliphatic carbocycles. The van der Waals surface area contributed by atoms with Gasteiger partial charge in [-0.25, -0.2) is 0 Å². The summed E-state index contributed by atoms with van der Waals surface area (Å²) in [5.74, 6) is 0.290. The third kappa shape index (κ3) is 5.11. The molecular formula is C10H15N3OSn. The zero-order chi connectivity index (χ0) is 11.5. The molecule has 1 heterocycles. The van der Waals surface area contributed by atoms with Crippen LogP contribution < -0.4 is 9.03 Å². The molecule has 0 unspecified atom stereocenters. The number of hydrogen-bond acceptors (Lipinski definition) is 3. The molecule has 2 radical (unpaired) electrons. The topological polar surface area (TPSA) is 54.9 Å². The number of carbonyl (C=O) groups excluding carboxylic acids is 1. The summed E-state index contributed by atoms with van der Waals surface area (Å²) in [6.07, 6.45) is 1.71. The molecule has 0 saturated carbocycles. The van der Waals surface area contributed by atoms with E-state index in [0.717, 1.165) is 3.71 Å². The third-order valence-electron chi connectivity index (χ3n) is 1.45. The molecule has 0 atom stereocenters. The van der Waals surface area contributed by atoms with Gasteiger partial charge in [-0.3, -0.25) is 0 Å². The molecule has 0 saturated heterocycles. The molecule has 80 valence electrons. The van der Waals surface area contributed by atoms with Crippen molar-refractivity contribution in [3.63, 3.8) is 0 Å². The molecule has 0 aliphatic heterocycles. The second-order valence-electron chi connectivity index (χ2n) is 4.32. The standard InChI is InChI=1S/C6H6N3O.C4H9.Sn/c1-5(10)9-6-7-3-2-4-8-6;1-4(2)3;/h2-3H,1H3,(H,7,8,9,10);1-3H3;. The van der Waals surface area contributed by atoms with Gasteiger partial charge in [0.05, 0.1) is 0 Å². The predicted molar refractivity (Wildman–Crippen MR) is 61.4 cm³/mol. The number of anilines is 1. The molecule has 4 nitrogen and oxygen atoms in total. The summed E-state index contributed by atoms with van der Waals surface area (Å²) in [4.78, 5) is 19.2. The monoisotopic (exact) mass is 313 g/mol. The Bertz CT molecular complexity index is 360. The number of nitrogens with one attached hydrogen (secondary N) is 1. The van der Waals surface area contributed by atoms with Crippen LogP contribution in [0.25, 0.3) is 0 Å². The van der Waals surface area contributed by atoms with Crippen LogP contribution in [0.5, 0.6) is 0 Å². The van der Waals surface area contributed by atoms with Gasteiger partial charge < -0.3 is 0 Å². The number of amides is 1. The van der Waals surface area contributed by atoms with E-state index in [-0.39, 0.29) is 5.91 Å². The van der Waals surface area contributed by atoms with Crippen LogP contribution in [0.3, 0.4) is 0 Å².